The molecule has 9 heteroatoms. The molecule has 0 amide bonds. The number of unbranched alkanes of at least 4 members (excludes halogenated alkanes) is 31. The predicted molar refractivity (Wildman–Crippen MR) is 270 cm³/mol. The van der Waals surface area contributed by atoms with Crippen molar-refractivity contribution >= 4 is 5.97 Å². The summed E-state index contributed by atoms with van der Waals surface area (Å²) >= 11 is 0. The minimum Gasteiger partial charge on any atom is -0.457 e. The molecule has 1 aliphatic rings. The third-order valence-electron chi connectivity index (χ3n) is 12.8. The maximum atomic E-state index is 12.8. The quantitative estimate of drug-likeness (QED) is 0.0267. The summed E-state index contributed by atoms with van der Waals surface area (Å²) in [6, 6.07) is 0. The van der Waals surface area contributed by atoms with E-state index in [9.17, 15) is 25.2 Å². The molecular weight excluding hydrogens is 817 g/mol. The molecule has 382 valence electrons. The van der Waals surface area contributed by atoms with E-state index in [4.69, 9.17) is 18.9 Å². The number of carbonyl (C=O) groups is 1. The highest BCUT2D eigenvalue weighted by Gasteiger charge is 2.44. The molecule has 0 spiro atoms. The van der Waals surface area contributed by atoms with Gasteiger partial charge < -0.3 is 39.4 Å². The van der Waals surface area contributed by atoms with Gasteiger partial charge in [0.25, 0.3) is 0 Å². The lowest BCUT2D eigenvalue weighted by molar-refractivity contribution is -0.305. The molecule has 0 aromatic heterocycles. The SMILES string of the molecule is CCCCCCC/C=C\C/C=C\CCCCCCCCCCCCCCCCOCC(COC1OC(CO)C(O)C(O)C1O)OC(=O)CCCCCCC/C=C\CCCCCCCCC. The zero-order valence-corrected chi connectivity index (χ0v) is 42.2. The van der Waals surface area contributed by atoms with Crippen LogP contribution in [-0.4, -0.2) is 89.6 Å². The first-order valence-electron chi connectivity index (χ1n) is 27.6. The zero-order valence-electron chi connectivity index (χ0n) is 42.2. The van der Waals surface area contributed by atoms with Gasteiger partial charge in [0.2, 0.25) is 0 Å². The Hall–Kier alpha value is -1.59. The summed E-state index contributed by atoms with van der Waals surface area (Å²) in [4.78, 5) is 12.8. The minimum atomic E-state index is -1.54. The molecule has 1 fully saturated rings. The lowest BCUT2D eigenvalue weighted by Gasteiger charge is -2.39. The fourth-order valence-electron chi connectivity index (χ4n) is 8.46. The zero-order chi connectivity index (χ0) is 47.1. The van der Waals surface area contributed by atoms with E-state index in [1.54, 1.807) is 0 Å². The highest BCUT2D eigenvalue weighted by atomic mass is 16.7. The van der Waals surface area contributed by atoms with Crippen molar-refractivity contribution in [2.45, 2.75) is 288 Å². The normalized spacial score (nSPS) is 19.6. The molecule has 6 unspecified atom stereocenters. The third-order valence-corrected chi connectivity index (χ3v) is 12.8. The number of ether oxygens (including phenoxy) is 4. The van der Waals surface area contributed by atoms with Crippen molar-refractivity contribution in [1.82, 2.24) is 0 Å². The molecule has 0 aromatic rings. The van der Waals surface area contributed by atoms with Crippen molar-refractivity contribution in [3.63, 3.8) is 0 Å². The van der Waals surface area contributed by atoms with Crippen LogP contribution in [0.2, 0.25) is 0 Å². The van der Waals surface area contributed by atoms with Gasteiger partial charge in [0.1, 0.15) is 30.5 Å². The highest BCUT2D eigenvalue weighted by molar-refractivity contribution is 5.69. The Bertz CT molecular complexity index is 1090. The average Bonchev–Trinajstić information content (AvgIpc) is 3.31. The fraction of sp³-hybridized carbons (Fsp3) is 0.875. The van der Waals surface area contributed by atoms with Gasteiger partial charge in [-0.25, -0.2) is 0 Å². The van der Waals surface area contributed by atoms with Gasteiger partial charge in [0.15, 0.2) is 6.29 Å². The molecule has 4 N–H and O–H groups in total. The smallest absolute Gasteiger partial charge is 0.306 e. The molecule has 0 saturated carbocycles. The van der Waals surface area contributed by atoms with Gasteiger partial charge in [-0.1, -0.05) is 211 Å². The van der Waals surface area contributed by atoms with Gasteiger partial charge in [-0.2, -0.15) is 0 Å². The third kappa shape index (κ3) is 38.0. The first kappa shape index (κ1) is 61.4. The molecule has 9 nitrogen and oxygen atoms in total. The van der Waals surface area contributed by atoms with Crippen LogP contribution in [-0.2, 0) is 23.7 Å². The van der Waals surface area contributed by atoms with E-state index in [1.807, 2.05) is 0 Å². The first-order valence-corrected chi connectivity index (χ1v) is 27.6. The first-order chi connectivity index (χ1) is 31.9. The van der Waals surface area contributed by atoms with E-state index in [2.05, 4.69) is 50.3 Å². The van der Waals surface area contributed by atoms with Crippen LogP contribution in [0.4, 0.5) is 0 Å². The number of hydrogen-bond donors (Lipinski definition) is 4. The molecule has 0 radical (unpaired) electrons. The second-order valence-electron chi connectivity index (χ2n) is 19.0. The van der Waals surface area contributed by atoms with E-state index in [0.29, 0.717) is 13.0 Å². The summed E-state index contributed by atoms with van der Waals surface area (Å²) in [6.07, 6.45) is 51.9. The number of rotatable bonds is 48. The van der Waals surface area contributed by atoms with Crippen LogP contribution in [0.25, 0.3) is 0 Å². The van der Waals surface area contributed by atoms with Crippen LogP contribution < -0.4 is 0 Å². The molecule has 1 heterocycles. The largest absolute Gasteiger partial charge is 0.457 e. The van der Waals surface area contributed by atoms with Crippen LogP contribution in [0, 0.1) is 0 Å². The predicted octanol–water partition coefficient (Wildman–Crippen LogP) is 13.9. The maximum absolute atomic E-state index is 12.8. The molecule has 1 aliphatic heterocycles. The molecular formula is C56H104O9. The Morgan fingerprint density at radius 2 is 0.892 bits per heavy atom. The van der Waals surface area contributed by atoms with Gasteiger partial charge in [-0.15, -0.1) is 0 Å². The lowest BCUT2D eigenvalue weighted by Crippen LogP contribution is -2.59. The summed E-state index contributed by atoms with van der Waals surface area (Å²) < 4.78 is 22.9. The van der Waals surface area contributed by atoms with E-state index in [-0.39, 0.29) is 19.2 Å². The molecule has 0 aliphatic carbocycles. The number of aliphatic hydroxyl groups is 4. The van der Waals surface area contributed by atoms with Crippen LogP contribution >= 0.6 is 0 Å². The van der Waals surface area contributed by atoms with Crippen LogP contribution in [0.1, 0.15) is 251 Å². The number of aliphatic hydroxyl groups excluding tert-OH is 4. The van der Waals surface area contributed by atoms with Crippen molar-refractivity contribution in [2.75, 3.05) is 26.4 Å². The Balaban J connectivity index is 2.15. The molecule has 0 aromatic carbocycles. The molecule has 0 bridgehead atoms. The van der Waals surface area contributed by atoms with Crippen molar-refractivity contribution in [1.29, 1.82) is 0 Å². The van der Waals surface area contributed by atoms with Gasteiger partial charge in [0, 0.05) is 13.0 Å². The minimum absolute atomic E-state index is 0.115. The second kappa shape index (κ2) is 47.5. The Labute approximate surface area is 400 Å². The standard InChI is InChI=1S/C56H104O9/c1-3-5-7-9-11-13-15-17-19-21-22-23-24-25-26-27-28-29-30-32-34-36-38-40-42-44-46-62-48-50(49-63-56-55(61)54(60)53(59)51(47-57)65-56)64-52(58)45-43-41-39-37-35-33-31-20-18-16-14-12-10-8-6-4-2/h15,17,20-22,31,50-51,53-57,59-61H,3-14,16,18-19,23-30,32-49H2,1-2H3/b17-15-,22-21-,31-20-. The molecule has 1 rings (SSSR count). The summed E-state index contributed by atoms with van der Waals surface area (Å²) in [5.41, 5.74) is 0. The number of esters is 1. The van der Waals surface area contributed by atoms with Crippen LogP contribution in [0.15, 0.2) is 36.5 Å². The number of carbonyl (C=O) groups excluding carboxylic acids is 1. The average molecular weight is 921 g/mol. The van der Waals surface area contributed by atoms with Crippen molar-refractivity contribution in [3.05, 3.63) is 36.5 Å². The van der Waals surface area contributed by atoms with Gasteiger partial charge in [0.05, 0.1) is 19.8 Å². The van der Waals surface area contributed by atoms with Crippen molar-refractivity contribution < 1.29 is 44.2 Å². The van der Waals surface area contributed by atoms with Crippen LogP contribution in [0.5, 0.6) is 0 Å². The van der Waals surface area contributed by atoms with Gasteiger partial charge >= 0.3 is 5.97 Å². The maximum Gasteiger partial charge on any atom is 0.306 e. The fourth-order valence-corrected chi connectivity index (χ4v) is 8.46. The van der Waals surface area contributed by atoms with Gasteiger partial charge in [-0.05, 0) is 70.6 Å². The number of hydrogen-bond acceptors (Lipinski definition) is 9. The van der Waals surface area contributed by atoms with E-state index >= 15 is 0 Å². The van der Waals surface area contributed by atoms with Crippen LogP contribution in [0.3, 0.4) is 0 Å². The van der Waals surface area contributed by atoms with E-state index in [0.717, 1.165) is 51.4 Å². The highest BCUT2D eigenvalue weighted by Crippen LogP contribution is 2.23. The lowest BCUT2D eigenvalue weighted by atomic mass is 9.99. The van der Waals surface area contributed by atoms with E-state index < -0.39 is 43.4 Å². The molecule has 1 saturated heterocycles. The monoisotopic (exact) mass is 921 g/mol. The summed E-state index contributed by atoms with van der Waals surface area (Å²) in [5, 5.41) is 40.3. The van der Waals surface area contributed by atoms with Crippen molar-refractivity contribution in [2.24, 2.45) is 0 Å². The Kier molecular flexibility index (Phi) is 44.9. The molecule has 65 heavy (non-hydrogen) atoms. The van der Waals surface area contributed by atoms with E-state index in [1.165, 1.54) is 180 Å². The molecule has 6 atom stereocenters. The summed E-state index contributed by atoms with van der Waals surface area (Å²) in [7, 11) is 0. The summed E-state index contributed by atoms with van der Waals surface area (Å²) in [6.45, 7) is 4.57. The number of allylic oxidation sites excluding steroid dienone is 6. The Morgan fingerprint density at radius 1 is 0.492 bits per heavy atom. The topological polar surface area (TPSA) is 135 Å². The van der Waals surface area contributed by atoms with Crippen molar-refractivity contribution in [3.8, 4) is 0 Å². The van der Waals surface area contributed by atoms with Gasteiger partial charge in [-0.3, -0.25) is 4.79 Å². The summed E-state index contributed by atoms with van der Waals surface area (Å²) in [5.74, 6) is -0.319. The Morgan fingerprint density at radius 3 is 1.34 bits per heavy atom. The second-order valence-corrected chi connectivity index (χ2v) is 19.0.